The SMILES string of the molecule is CC1CC1C(=O)NC1CCCC1(C)C(=O)O. The van der Waals surface area contributed by atoms with Gasteiger partial charge in [0, 0.05) is 12.0 Å². The topological polar surface area (TPSA) is 66.4 Å². The highest BCUT2D eigenvalue weighted by molar-refractivity contribution is 5.83. The quantitative estimate of drug-likeness (QED) is 0.763. The Kier molecular flexibility index (Phi) is 2.68. The van der Waals surface area contributed by atoms with Crippen molar-refractivity contribution in [1.82, 2.24) is 5.32 Å². The molecule has 4 nitrogen and oxygen atoms in total. The smallest absolute Gasteiger partial charge is 0.311 e. The maximum Gasteiger partial charge on any atom is 0.311 e. The van der Waals surface area contributed by atoms with E-state index < -0.39 is 11.4 Å². The number of amides is 1. The van der Waals surface area contributed by atoms with Gasteiger partial charge in [0.25, 0.3) is 0 Å². The van der Waals surface area contributed by atoms with E-state index in [1.807, 2.05) is 0 Å². The molecule has 0 aliphatic heterocycles. The Morgan fingerprint density at radius 1 is 1.44 bits per heavy atom. The summed E-state index contributed by atoms with van der Waals surface area (Å²) in [5, 5.41) is 12.1. The number of carboxylic acids is 1. The van der Waals surface area contributed by atoms with Crippen LogP contribution in [-0.2, 0) is 9.59 Å². The van der Waals surface area contributed by atoms with E-state index >= 15 is 0 Å². The molecule has 0 heterocycles. The fraction of sp³-hybridized carbons (Fsp3) is 0.833. The summed E-state index contributed by atoms with van der Waals surface area (Å²) < 4.78 is 0. The molecule has 4 atom stereocenters. The van der Waals surface area contributed by atoms with Crippen LogP contribution in [0.1, 0.15) is 39.5 Å². The van der Waals surface area contributed by atoms with E-state index in [4.69, 9.17) is 0 Å². The number of carbonyl (C=O) groups is 2. The third-order valence-corrected chi connectivity index (χ3v) is 4.21. The lowest BCUT2D eigenvalue weighted by Gasteiger charge is -2.27. The van der Waals surface area contributed by atoms with E-state index in [1.54, 1.807) is 6.92 Å². The van der Waals surface area contributed by atoms with E-state index in [-0.39, 0.29) is 17.9 Å². The fourth-order valence-corrected chi connectivity index (χ4v) is 2.62. The molecule has 0 radical (unpaired) electrons. The van der Waals surface area contributed by atoms with Crippen LogP contribution in [0.3, 0.4) is 0 Å². The Morgan fingerprint density at radius 2 is 2.06 bits per heavy atom. The molecule has 0 bridgehead atoms. The summed E-state index contributed by atoms with van der Waals surface area (Å²) in [4.78, 5) is 23.0. The van der Waals surface area contributed by atoms with Gasteiger partial charge in [-0.2, -0.15) is 0 Å². The minimum Gasteiger partial charge on any atom is -0.481 e. The maximum atomic E-state index is 11.8. The molecular formula is C12H19NO3. The number of rotatable bonds is 3. The molecule has 16 heavy (non-hydrogen) atoms. The first-order chi connectivity index (χ1) is 7.45. The minimum atomic E-state index is -0.792. The first-order valence-corrected chi connectivity index (χ1v) is 5.99. The van der Waals surface area contributed by atoms with Gasteiger partial charge in [0.15, 0.2) is 0 Å². The predicted octanol–water partition coefficient (Wildman–Crippen LogP) is 1.40. The lowest BCUT2D eigenvalue weighted by Crippen LogP contribution is -2.47. The van der Waals surface area contributed by atoms with Crippen molar-refractivity contribution in [2.45, 2.75) is 45.6 Å². The Morgan fingerprint density at radius 3 is 2.56 bits per heavy atom. The van der Waals surface area contributed by atoms with Gasteiger partial charge in [0.2, 0.25) is 5.91 Å². The zero-order chi connectivity index (χ0) is 11.9. The van der Waals surface area contributed by atoms with Crippen molar-refractivity contribution in [1.29, 1.82) is 0 Å². The summed E-state index contributed by atoms with van der Waals surface area (Å²) in [6, 6.07) is -0.190. The second-order valence-electron chi connectivity index (χ2n) is 5.50. The molecule has 2 aliphatic carbocycles. The van der Waals surface area contributed by atoms with E-state index in [9.17, 15) is 14.7 Å². The average Bonchev–Trinajstić information content (AvgIpc) is 2.82. The summed E-state index contributed by atoms with van der Waals surface area (Å²) in [6.45, 7) is 3.79. The third kappa shape index (κ3) is 1.81. The number of nitrogens with one attached hydrogen (secondary N) is 1. The first kappa shape index (κ1) is 11.4. The minimum absolute atomic E-state index is 0.0480. The lowest BCUT2D eigenvalue weighted by atomic mass is 9.85. The summed E-state index contributed by atoms with van der Waals surface area (Å²) >= 11 is 0. The van der Waals surface area contributed by atoms with Crippen LogP contribution in [0.5, 0.6) is 0 Å². The van der Waals surface area contributed by atoms with Crippen LogP contribution in [0.2, 0.25) is 0 Å². The fourth-order valence-electron chi connectivity index (χ4n) is 2.62. The Bertz CT molecular complexity index is 328. The zero-order valence-electron chi connectivity index (χ0n) is 9.82. The molecule has 2 rings (SSSR count). The number of hydrogen-bond acceptors (Lipinski definition) is 2. The molecule has 2 saturated carbocycles. The number of carboxylic acid groups (broad SMARTS) is 1. The maximum absolute atomic E-state index is 11.8. The van der Waals surface area contributed by atoms with Crippen LogP contribution in [0, 0.1) is 17.3 Å². The van der Waals surface area contributed by atoms with Crippen molar-refractivity contribution in [3.05, 3.63) is 0 Å². The first-order valence-electron chi connectivity index (χ1n) is 5.99. The molecule has 0 aromatic heterocycles. The standard InChI is InChI=1S/C12H19NO3/c1-7-6-8(7)10(14)13-9-4-3-5-12(9,2)11(15)16/h7-9H,3-6H2,1-2H3,(H,13,14)(H,15,16). The van der Waals surface area contributed by atoms with Crippen LogP contribution in [0.4, 0.5) is 0 Å². The number of carbonyl (C=O) groups excluding carboxylic acids is 1. The molecule has 2 fully saturated rings. The van der Waals surface area contributed by atoms with Crippen LogP contribution in [-0.4, -0.2) is 23.0 Å². The molecule has 4 heteroatoms. The molecular weight excluding hydrogens is 206 g/mol. The largest absolute Gasteiger partial charge is 0.481 e. The van der Waals surface area contributed by atoms with Gasteiger partial charge < -0.3 is 10.4 Å². The van der Waals surface area contributed by atoms with E-state index in [0.717, 1.165) is 19.3 Å². The normalized spacial score (nSPS) is 41.8. The van der Waals surface area contributed by atoms with Crippen molar-refractivity contribution in [3.8, 4) is 0 Å². The van der Waals surface area contributed by atoms with Gasteiger partial charge in [-0.15, -0.1) is 0 Å². The second kappa shape index (κ2) is 3.75. The van der Waals surface area contributed by atoms with E-state index in [2.05, 4.69) is 12.2 Å². The third-order valence-electron chi connectivity index (χ3n) is 4.21. The molecule has 90 valence electrons. The Hall–Kier alpha value is -1.06. The molecule has 2 aliphatic rings. The highest BCUT2D eigenvalue weighted by atomic mass is 16.4. The van der Waals surface area contributed by atoms with E-state index in [1.165, 1.54) is 0 Å². The molecule has 0 spiro atoms. The second-order valence-corrected chi connectivity index (χ2v) is 5.50. The van der Waals surface area contributed by atoms with Crippen molar-refractivity contribution < 1.29 is 14.7 Å². The van der Waals surface area contributed by atoms with Crippen molar-refractivity contribution in [2.75, 3.05) is 0 Å². The highest BCUT2D eigenvalue weighted by Gasteiger charge is 2.48. The van der Waals surface area contributed by atoms with Crippen LogP contribution in [0.15, 0.2) is 0 Å². The molecule has 0 aromatic carbocycles. The predicted molar refractivity (Wildman–Crippen MR) is 58.8 cm³/mol. The molecule has 2 N–H and O–H groups in total. The lowest BCUT2D eigenvalue weighted by molar-refractivity contribution is -0.149. The summed E-state index contributed by atoms with van der Waals surface area (Å²) in [5.74, 6) is -0.151. The van der Waals surface area contributed by atoms with Crippen molar-refractivity contribution in [3.63, 3.8) is 0 Å². The van der Waals surface area contributed by atoms with Crippen molar-refractivity contribution >= 4 is 11.9 Å². The van der Waals surface area contributed by atoms with E-state index in [0.29, 0.717) is 12.3 Å². The molecule has 1 amide bonds. The van der Waals surface area contributed by atoms with Gasteiger partial charge in [-0.1, -0.05) is 13.3 Å². The zero-order valence-corrected chi connectivity index (χ0v) is 9.82. The van der Waals surface area contributed by atoms with Gasteiger partial charge in [0.1, 0.15) is 0 Å². The number of aliphatic carboxylic acids is 1. The van der Waals surface area contributed by atoms with Crippen LogP contribution >= 0.6 is 0 Å². The monoisotopic (exact) mass is 225 g/mol. The van der Waals surface area contributed by atoms with Crippen molar-refractivity contribution in [2.24, 2.45) is 17.3 Å². The highest BCUT2D eigenvalue weighted by Crippen LogP contribution is 2.41. The summed E-state index contributed by atoms with van der Waals surface area (Å²) in [6.07, 6.45) is 3.28. The van der Waals surface area contributed by atoms with Gasteiger partial charge in [0.05, 0.1) is 5.41 Å². The Labute approximate surface area is 95.4 Å². The van der Waals surface area contributed by atoms with Gasteiger partial charge in [-0.3, -0.25) is 9.59 Å². The van der Waals surface area contributed by atoms with Gasteiger partial charge in [-0.25, -0.2) is 0 Å². The average molecular weight is 225 g/mol. The van der Waals surface area contributed by atoms with Crippen LogP contribution in [0.25, 0.3) is 0 Å². The number of hydrogen-bond donors (Lipinski definition) is 2. The molecule has 4 unspecified atom stereocenters. The molecule has 0 aromatic rings. The summed E-state index contributed by atoms with van der Waals surface area (Å²) in [5.41, 5.74) is -0.770. The van der Waals surface area contributed by atoms with Gasteiger partial charge >= 0.3 is 5.97 Å². The molecule has 0 saturated heterocycles. The van der Waals surface area contributed by atoms with Crippen LogP contribution < -0.4 is 5.32 Å². The Balaban J connectivity index is 1.98. The summed E-state index contributed by atoms with van der Waals surface area (Å²) in [7, 11) is 0. The van der Waals surface area contributed by atoms with Gasteiger partial charge in [-0.05, 0) is 32.1 Å².